The van der Waals surface area contributed by atoms with Crippen molar-refractivity contribution in [3.05, 3.63) is 84.3 Å². The number of anilines is 1. The first kappa shape index (κ1) is 26.4. The van der Waals surface area contributed by atoms with Crippen molar-refractivity contribution in [2.45, 2.75) is 0 Å². The molecule has 0 saturated heterocycles. The minimum absolute atomic E-state index is 0.325. The number of halogens is 1. The van der Waals surface area contributed by atoms with Crippen molar-refractivity contribution >= 4 is 45.4 Å². The number of rotatable bonds is 7. The van der Waals surface area contributed by atoms with Crippen LogP contribution in [0.2, 0.25) is 0 Å². The van der Waals surface area contributed by atoms with Gasteiger partial charge in [-0.25, -0.2) is 14.4 Å². The van der Waals surface area contributed by atoms with Crippen LogP contribution < -0.4 is 14.4 Å². The number of fused-ring (bicyclic) bond motifs is 2. The Morgan fingerprint density at radius 2 is 1.90 bits per heavy atom. The monoisotopic (exact) mass is 567 g/mol. The molecule has 0 bridgehead atoms. The Labute approximate surface area is 239 Å². The summed E-state index contributed by atoms with van der Waals surface area (Å²) in [5.41, 5.74) is 5.31. The number of furan rings is 1. The number of carbonyl (C=O) groups excluding carboxylic acids is 1. The molecule has 8 nitrogen and oxygen atoms in total. The van der Waals surface area contributed by atoms with Gasteiger partial charge in [0.1, 0.15) is 22.9 Å². The van der Waals surface area contributed by atoms with E-state index in [4.69, 9.17) is 14.1 Å². The number of para-hydroxylation sites is 1. The molecule has 0 atom stereocenters. The number of ether oxygens (including phenoxy) is 1. The van der Waals surface area contributed by atoms with Crippen LogP contribution in [0.5, 0.6) is 5.75 Å². The second-order valence-corrected chi connectivity index (χ2v) is 10.2. The van der Waals surface area contributed by atoms with Crippen LogP contribution in [-0.2, 0) is 0 Å². The van der Waals surface area contributed by atoms with Gasteiger partial charge < -0.3 is 23.8 Å². The van der Waals surface area contributed by atoms with E-state index < -0.39 is 0 Å². The van der Waals surface area contributed by atoms with Crippen LogP contribution in [0.3, 0.4) is 0 Å². The van der Waals surface area contributed by atoms with Crippen LogP contribution in [0.25, 0.3) is 56.0 Å². The van der Waals surface area contributed by atoms with Crippen LogP contribution in [0.15, 0.2) is 77.3 Å². The average molecular weight is 568 g/mol. The van der Waals surface area contributed by atoms with Crippen molar-refractivity contribution < 1.29 is 18.3 Å². The summed E-state index contributed by atoms with van der Waals surface area (Å²) < 4.78 is 27.5. The third-order valence-corrected chi connectivity index (χ3v) is 7.73. The molecule has 0 spiro atoms. The zero-order chi connectivity index (χ0) is 28.7. The lowest BCUT2D eigenvalue weighted by Crippen LogP contribution is -2.18. The number of hydrogen-bond donors (Lipinski definition) is 2. The predicted molar refractivity (Wildman–Crippen MR) is 162 cm³/mol. The second kappa shape index (κ2) is 10.6. The maximum absolute atomic E-state index is 13.7. The molecule has 3 aromatic carbocycles. The lowest BCUT2D eigenvalue weighted by Gasteiger charge is -2.19. The number of H-pyrrole nitrogens is 1. The highest BCUT2D eigenvalue weighted by Crippen LogP contribution is 2.42. The Morgan fingerprint density at radius 3 is 2.61 bits per heavy atom. The van der Waals surface area contributed by atoms with Crippen LogP contribution in [-0.4, -0.2) is 48.3 Å². The average Bonchev–Trinajstić information content (AvgIpc) is 3.61. The van der Waals surface area contributed by atoms with Gasteiger partial charge in [-0.1, -0.05) is 30.1 Å². The number of methoxy groups -OCH3 is 1. The first-order valence-corrected chi connectivity index (χ1v) is 14.0. The topological polar surface area (TPSA) is 96.3 Å². The van der Waals surface area contributed by atoms with E-state index in [-0.39, 0.29) is 11.7 Å². The maximum atomic E-state index is 13.7. The van der Waals surface area contributed by atoms with Gasteiger partial charge in [-0.15, -0.1) is 0 Å². The Morgan fingerprint density at radius 1 is 1.12 bits per heavy atom. The van der Waals surface area contributed by atoms with Crippen LogP contribution in [0.4, 0.5) is 10.1 Å². The van der Waals surface area contributed by atoms with Crippen LogP contribution in [0, 0.1) is 5.82 Å². The smallest absolute Gasteiger partial charge is 0.255 e. The van der Waals surface area contributed by atoms with E-state index in [9.17, 15) is 9.18 Å². The van der Waals surface area contributed by atoms with Crippen molar-refractivity contribution in [2.24, 2.45) is 0 Å². The zero-order valence-electron chi connectivity index (χ0n) is 22.8. The van der Waals surface area contributed by atoms with Crippen molar-refractivity contribution in [2.75, 3.05) is 31.8 Å². The molecule has 6 rings (SSSR count). The SMILES string of the molecule is CNC(=O)c1c(-c2ccc(F)cc2)oc2cc(N(C)SC)c(-c3ncc(OC)c(-c4cc5ccccc5[nH]4)n3)cc12. The van der Waals surface area contributed by atoms with Crippen molar-refractivity contribution in [1.29, 1.82) is 0 Å². The molecule has 41 heavy (non-hydrogen) atoms. The van der Waals surface area contributed by atoms with Gasteiger partial charge in [0.15, 0.2) is 11.6 Å². The third kappa shape index (κ3) is 4.66. The standard InChI is InChI=1S/C31H26FN5O3S/c1-33-31(38)27-21-14-20(24(37(2)41-4)15-25(21)40-29(27)17-9-11-19(32)12-10-17)30-34-16-26(39-3)28(36-30)23-13-18-7-5-6-8-22(18)35-23/h5-16,35H,1-4H3,(H,33,38). The number of nitrogens with zero attached hydrogens (tertiary/aromatic N) is 3. The lowest BCUT2D eigenvalue weighted by atomic mass is 10.0. The normalized spacial score (nSPS) is 11.2. The summed E-state index contributed by atoms with van der Waals surface area (Å²) in [5.74, 6) is 0.622. The van der Waals surface area contributed by atoms with Gasteiger partial charge >= 0.3 is 0 Å². The Kier molecular flexibility index (Phi) is 6.84. The van der Waals surface area contributed by atoms with Gasteiger partial charge in [-0.2, -0.15) is 0 Å². The summed E-state index contributed by atoms with van der Waals surface area (Å²) >= 11 is 1.51. The van der Waals surface area contributed by atoms with Crippen LogP contribution >= 0.6 is 11.9 Å². The third-order valence-electron chi connectivity index (χ3n) is 6.98. The van der Waals surface area contributed by atoms with Gasteiger partial charge in [-0.05, 0) is 42.5 Å². The highest BCUT2D eigenvalue weighted by Gasteiger charge is 2.25. The predicted octanol–water partition coefficient (Wildman–Crippen LogP) is 6.93. The first-order valence-electron chi connectivity index (χ1n) is 12.8. The van der Waals surface area contributed by atoms with Gasteiger partial charge in [0.25, 0.3) is 5.91 Å². The van der Waals surface area contributed by atoms with E-state index in [1.807, 2.05) is 60.1 Å². The molecule has 3 heterocycles. The number of nitrogens with one attached hydrogen (secondary N) is 2. The van der Waals surface area contributed by atoms with E-state index in [1.165, 1.54) is 24.1 Å². The fourth-order valence-electron chi connectivity index (χ4n) is 4.87. The van der Waals surface area contributed by atoms with Gasteiger partial charge in [0.05, 0.1) is 30.3 Å². The fourth-order valence-corrected chi connectivity index (χ4v) is 5.22. The Balaban J connectivity index is 1.60. The summed E-state index contributed by atoms with van der Waals surface area (Å²) in [5, 5.41) is 4.35. The summed E-state index contributed by atoms with van der Waals surface area (Å²) in [6.07, 6.45) is 3.61. The number of amides is 1. The van der Waals surface area contributed by atoms with Crippen molar-refractivity contribution in [3.8, 4) is 39.8 Å². The quantitative estimate of drug-likeness (QED) is 0.202. The molecule has 10 heteroatoms. The molecule has 1 amide bonds. The largest absolute Gasteiger partial charge is 0.493 e. The second-order valence-electron chi connectivity index (χ2n) is 9.32. The van der Waals surface area contributed by atoms with Crippen molar-refractivity contribution in [1.82, 2.24) is 20.3 Å². The molecule has 0 fully saturated rings. The van der Waals surface area contributed by atoms with Gasteiger partial charge in [-0.3, -0.25) is 4.79 Å². The van der Waals surface area contributed by atoms with E-state index >= 15 is 0 Å². The molecule has 6 aromatic rings. The fraction of sp³-hybridized carbons (Fsp3) is 0.129. The molecule has 0 radical (unpaired) electrons. The van der Waals surface area contributed by atoms with E-state index in [1.54, 1.807) is 32.5 Å². The summed E-state index contributed by atoms with van der Waals surface area (Å²) in [6.45, 7) is 0. The molecule has 2 N–H and O–H groups in total. The molecule has 0 aliphatic rings. The minimum atomic E-state index is -0.375. The van der Waals surface area contributed by atoms with E-state index in [0.29, 0.717) is 50.7 Å². The number of aromatic nitrogens is 3. The number of hydrogen-bond acceptors (Lipinski definition) is 7. The summed E-state index contributed by atoms with van der Waals surface area (Å²) in [6, 6.07) is 19.6. The molecule has 3 aromatic heterocycles. The highest BCUT2D eigenvalue weighted by molar-refractivity contribution is 7.99. The lowest BCUT2D eigenvalue weighted by molar-refractivity contribution is 0.0964. The van der Waals surface area contributed by atoms with Crippen molar-refractivity contribution in [3.63, 3.8) is 0 Å². The van der Waals surface area contributed by atoms with E-state index in [0.717, 1.165) is 22.3 Å². The number of benzene rings is 3. The summed E-state index contributed by atoms with van der Waals surface area (Å²) in [7, 11) is 5.08. The summed E-state index contributed by atoms with van der Waals surface area (Å²) in [4.78, 5) is 26.2. The zero-order valence-corrected chi connectivity index (χ0v) is 23.6. The van der Waals surface area contributed by atoms with Crippen LogP contribution in [0.1, 0.15) is 10.4 Å². The van der Waals surface area contributed by atoms with Gasteiger partial charge in [0.2, 0.25) is 0 Å². The Hall–Kier alpha value is -4.83. The first-order chi connectivity index (χ1) is 19.9. The number of aromatic amines is 1. The maximum Gasteiger partial charge on any atom is 0.255 e. The Bertz CT molecular complexity index is 1880. The molecule has 0 unspecified atom stereocenters. The molecule has 0 saturated carbocycles. The number of carbonyl (C=O) groups is 1. The molecular formula is C31H26FN5O3S. The van der Waals surface area contributed by atoms with E-state index in [2.05, 4.69) is 15.3 Å². The van der Waals surface area contributed by atoms with Gasteiger partial charge in [0, 0.05) is 53.8 Å². The minimum Gasteiger partial charge on any atom is -0.493 e. The molecular weight excluding hydrogens is 541 g/mol. The molecule has 0 aliphatic heterocycles. The molecule has 0 aliphatic carbocycles. The highest BCUT2D eigenvalue weighted by atomic mass is 32.2. The molecule has 206 valence electrons.